The predicted octanol–water partition coefficient (Wildman–Crippen LogP) is -2.69. The summed E-state index contributed by atoms with van der Waals surface area (Å²) in [6, 6.07) is 0. The topological polar surface area (TPSA) is 129 Å². The largest absolute Gasteiger partial charge is 2.00 e. The molecule has 0 spiro atoms. The molecule has 9 heteroatoms. The Bertz CT molecular complexity index is 73.7. The molecule has 10 heavy (non-hydrogen) atoms. The van der Waals surface area contributed by atoms with Crippen LogP contribution in [0.5, 0.6) is 0 Å². The molecule has 0 aromatic carbocycles. The van der Waals surface area contributed by atoms with E-state index in [-0.39, 0.29) is 34.1 Å². The maximum Gasteiger partial charge on any atom is 2.00 e. The fourth-order valence-electron chi connectivity index (χ4n) is 0. The molecule has 0 rings (SSSR count). The first-order valence-electron chi connectivity index (χ1n) is 1.16. The standard InChI is InChI=1S/CH2O3.2Mn.NO3/c2-1(3)4;;;2-1(3)4/h(H2,2,3,4);;;/q;2*+2;-1/p-2. The minimum absolute atomic E-state index is 0. The van der Waals surface area contributed by atoms with Crippen LogP contribution < -0.4 is 10.2 Å². The molecule has 0 amide bonds. The molecular formula is CMn2NO6+. The van der Waals surface area contributed by atoms with Gasteiger partial charge in [-0.1, -0.05) is 0 Å². The average Bonchev–Trinajstić information content (AvgIpc) is 1.25. The van der Waals surface area contributed by atoms with Crippen molar-refractivity contribution in [3.05, 3.63) is 15.3 Å². The van der Waals surface area contributed by atoms with Crippen molar-refractivity contribution >= 4 is 6.16 Å². The van der Waals surface area contributed by atoms with Crippen molar-refractivity contribution in [3.8, 4) is 0 Å². The zero-order valence-electron chi connectivity index (χ0n) is 4.15. The van der Waals surface area contributed by atoms with E-state index in [0.29, 0.717) is 0 Å². The zero-order valence-corrected chi connectivity index (χ0v) is 6.51. The van der Waals surface area contributed by atoms with Gasteiger partial charge in [-0.3, -0.25) is 0 Å². The van der Waals surface area contributed by atoms with Gasteiger partial charge in [-0.15, -0.1) is 0 Å². The molecule has 0 fully saturated rings. The summed E-state index contributed by atoms with van der Waals surface area (Å²) in [6.07, 6.45) is -2.33. The summed E-state index contributed by atoms with van der Waals surface area (Å²) in [7, 11) is 0. The summed E-state index contributed by atoms with van der Waals surface area (Å²) in [6.45, 7) is 0. The van der Waals surface area contributed by atoms with Gasteiger partial charge in [0.2, 0.25) is 0 Å². The minimum Gasteiger partial charge on any atom is -0.652 e. The molecule has 0 atom stereocenters. The van der Waals surface area contributed by atoms with E-state index >= 15 is 0 Å². The molecule has 7 nitrogen and oxygen atoms in total. The van der Waals surface area contributed by atoms with Crippen molar-refractivity contribution in [3.63, 3.8) is 0 Å². The molecule has 0 bridgehead atoms. The second kappa shape index (κ2) is 15.8. The first-order valence-corrected chi connectivity index (χ1v) is 1.16. The number of hydrogen-bond donors (Lipinski definition) is 0. The Kier molecular flexibility index (Phi) is 35.9. The summed E-state index contributed by atoms with van der Waals surface area (Å²) in [5, 5.41) is 31.4. The van der Waals surface area contributed by atoms with Gasteiger partial charge in [0.1, 0.15) is 0 Å². The van der Waals surface area contributed by atoms with Crippen LogP contribution in [0.1, 0.15) is 0 Å². The van der Waals surface area contributed by atoms with Gasteiger partial charge in [-0.2, -0.15) is 0 Å². The summed E-state index contributed by atoms with van der Waals surface area (Å²) in [5.41, 5.74) is 0. The van der Waals surface area contributed by atoms with Crippen molar-refractivity contribution in [2.45, 2.75) is 0 Å². The van der Waals surface area contributed by atoms with Crippen LogP contribution in [0.4, 0.5) is 4.79 Å². The zero-order chi connectivity index (χ0) is 7.15. The molecule has 0 saturated heterocycles. The van der Waals surface area contributed by atoms with Gasteiger partial charge in [0, 0.05) is 0 Å². The Labute approximate surface area is 76.1 Å². The minimum atomic E-state index is -2.33. The number of nitrogens with zero attached hydrogens (tertiary/aromatic N) is 1. The summed E-state index contributed by atoms with van der Waals surface area (Å²) < 4.78 is 0. The van der Waals surface area contributed by atoms with Gasteiger partial charge >= 0.3 is 34.1 Å². The van der Waals surface area contributed by atoms with Crippen LogP contribution in [0.25, 0.3) is 0 Å². The van der Waals surface area contributed by atoms with Gasteiger partial charge in [0.15, 0.2) is 0 Å². The quantitative estimate of drug-likeness (QED) is 0.254. The van der Waals surface area contributed by atoms with E-state index in [2.05, 4.69) is 0 Å². The first kappa shape index (κ1) is 22.7. The van der Waals surface area contributed by atoms with Crippen LogP contribution in [0.3, 0.4) is 0 Å². The van der Waals surface area contributed by atoms with Crippen molar-refractivity contribution < 1.29 is 54.2 Å². The van der Waals surface area contributed by atoms with Crippen molar-refractivity contribution in [2.24, 2.45) is 0 Å². The SMILES string of the molecule is O=C([O-])[O-].O=[N+]([O-])[O-].[Mn+2].[Mn+2]. The Morgan fingerprint density at radius 1 is 1.10 bits per heavy atom. The Hall–Kier alpha value is -0.491. The smallest absolute Gasteiger partial charge is 0.652 e. The third kappa shape index (κ3) is 1320. The maximum absolute atomic E-state index is 8.33. The van der Waals surface area contributed by atoms with E-state index < -0.39 is 11.2 Å². The monoisotopic (exact) mass is 232 g/mol. The molecule has 58 valence electrons. The summed E-state index contributed by atoms with van der Waals surface area (Å²) in [5.74, 6) is 0. The van der Waals surface area contributed by atoms with E-state index in [1.165, 1.54) is 0 Å². The molecule has 0 aromatic heterocycles. The van der Waals surface area contributed by atoms with Crippen molar-refractivity contribution in [1.29, 1.82) is 0 Å². The van der Waals surface area contributed by atoms with E-state index in [1.54, 1.807) is 0 Å². The van der Waals surface area contributed by atoms with E-state index in [9.17, 15) is 0 Å². The molecule has 0 unspecified atom stereocenters. The predicted molar refractivity (Wildman–Crippen MR) is 15.8 cm³/mol. The van der Waals surface area contributed by atoms with Gasteiger partial charge in [-0.25, -0.2) is 0 Å². The molecule has 0 heterocycles. The fourth-order valence-corrected chi connectivity index (χ4v) is 0. The number of carboxylic acid groups (broad SMARTS) is 2. The number of hydrogen-bond acceptors (Lipinski definition) is 6. The second-order valence-electron chi connectivity index (χ2n) is 0.474. The van der Waals surface area contributed by atoms with Crippen LogP contribution in [-0.2, 0) is 34.1 Å². The molecule has 0 N–H and O–H groups in total. The first-order chi connectivity index (χ1) is 3.46. The van der Waals surface area contributed by atoms with Crippen LogP contribution in [0.15, 0.2) is 0 Å². The van der Waals surface area contributed by atoms with E-state index in [1.807, 2.05) is 0 Å². The third-order valence-electron chi connectivity index (χ3n) is 0. The van der Waals surface area contributed by atoms with Crippen LogP contribution in [0, 0.1) is 15.3 Å². The average molecular weight is 232 g/mol. The van der Waals surface area contributed by atoms with Gasteiger partial charge in [-0.05, 0) is 6.16 Å². The summed E-state index contributed by atoms with van der Waals surface area (Å²) >= 11 is 0. The molecule has 0 aliphatic rings. The third-order valence-corrected chi connectivity index (χ3v) is 0. The molecule has 0 aliphatic heterocycles. The number of carbonyl (C=O) groups is 1. The van der Waals surface area contributed by atoms with Crippen LogP contribution in [-0.4, -0.2) is 11.2 Å². The second-order valence-corrected chi connectivity index (χ2v) is 0.474. The van der Waals surface area contributed by atoms with Gasteiger partial charge in [0.25, 0.3) is 0 Å². The molecule has 2 radical (unpaired) electrons. The molecule has 0 aromatic rings. The van der Waals surface area contributed by atoms with Gasteiger partial charge < -0.3 is 30.3 Å². The van der Waals surface area contributed by atoms with Gasteiger partial charge in [0.05, 0.1) is 5.09 Å². The molecular weight excluding hydrogens is 232 g/mol. The summed E-state index contributed by atoms with van der Waals surface area (Å²) in [4.78, 5) is 16.6. The number of carbonyl (C=O) groups excluding carboxylic acids is 1. The Morgan fingerprint density at radius 2 is 1.10 bits per heavy atom. The fraction of sp³-hybridized carbons (Fsp3) is 0. The Morgan fingerprint density at radius 3 is 1.10 bits per heavy atom. The normalized spacial score (nSPS) is 4.80. The van der Waals surface area contributed by atoms with Crippen LogP contribution in [0.2, 0.25) is 0 Å². The van der Waals surface area contributed by atoms with E-state index in [0.717, 1.165) is 0 Å². The van der Waals surface area contributed by atoms with Crippen molar-refractivity contribution in [2.75, 3.05) is 0 Å². The maximum atomic E-state index is 8.33. The number of rotatable bonds is 0. The Balaban J connectivity index is -0.0000000300. The molecule has 0 aliphatic carbocycles. The van der Waals surface area contributed by atoms with E-state index in [4.69, 9.17) is 30.3 Å². The van der Waals surface area contributed by atoms with Crippen LogP contribution >= 0.6 is 0 Å². The van der Waals surface area contributed by atoms with Crippen molar-refractivity contribution in [1.82, 2.24) is 0 Å². The molecule has 0 saturated carbocycles.